The molecule has 0 aromatic carbocycles. The average molecular weight is 124 g/mol. The van der Waals surface area contributed by atoms with Gasteiger partial charge in [-0.05, 0) is 30.6 Å². The number of hydrogen-bond donors (Lipinski definition) is 1. The lowest BCUT2D eigenvalue weighted by atomic mass is 9.95. The van der Waals surface area contributed by atoms with Crippen molar-refractivity contribution in [3.05, 3.63) is 12.2 Å². The highest BCUT2D eigenvalue weighted by Crippen LogP contribution is 2.42. The normalized spacial score (nSPS) is 46.6. The molecule has 0 amide bonds. The Morgan fingerprint density at radius 2 is 2.22 bits per heavy atom. The maximum atomic E-state index is 8.85. The van der Waals surface area contributed by atoms with E-state index in [1.54, 1.807) is 0 Å². The zero-order valence-electron chi connectivity index (χ0n) is 5.46. The third-order valence-corrected chi connectivity index (χ3v) is 2.65. The Labute approximate surface area is 55.4 Å². The van der Waals surface area contributed by atoms with Crippen molar-refractivity contribution in [3.63, 3.8) is 0 Å². The van der Waals surface area contributed by atoms with Crippen LogP contribution in [0.25, 0.3) is 0 Å². The SMILES string of the molecule is OCC1C[C@H]2C=CC1C2. The van der Waals surface area contributed by atoms with Crippen LogP contribution in [0.5, 0.6) is 0 Å². The highest BCUT2D eigenvalue weighted by atomic mass is 16.3. The van der Waals surface area contributed by atoms with Gasteiger partial charge in [-0.25, -0.2) is 0 Å². The molecule has 1 fully saturated rings. The molecule has 50 valence electrons. The van der Waals surface area contributed by atoms with E-state index in [1.807, 2.05) is 0 Å². The molecule has 3 atom stereocenters. The summed E-state index contributed by atoms with van der Waals surface area (Å²) < 4.78 is 0. The third-order valence-electron chi connectivity index (χ3n) is 2.65. The monoisotopic (exact) mass is 124 g/mol. The molecule has 0 heterocycles. The summed E-state index contributed by atoms with van der Waals surface area (Å²) in [7, 11) is 0. The van der Waals surface area contributed by atoms with Gasteiger partial charge in [-0.3, -0.25) is 0 Å². The predicted octanol–water partition coefficient (Wildman–Crippen LogP) is 1.19. The van der Waals surface area contributed by atoms with Gasteiger partial charge in [0.05, 0.1) is 0 Å². The first-order valence-corrected chi connectivity index (χ1v) is 3.69. The van der Waals surface area contributed by atoms with Crippen LogP contribution in [-0.4, -0.2) is 11.7 Å². The Balaban J connectivity index is 2.10. The second-order valence-corrected chi connectivity index (χ2v) is 3.22. The van der Waals surface area contributed by atoms with Crippen LogP contribution < -0.4 is 0 Å². The Morgan fingerprint density at radius 3 is 2.56 bits per heavy atom. The molecule has 1 heteroatoms. The highest BCUT2D eigenvalue weighted by Gasteiger charge is 2.34. The molecule has 2 rings (SSSR count). The molecule has 0 radical (unpaired) electrons. The molecule has 0 saturated heterocycles. The van der Waals surface area contributed by atoms with Gasteiger partial charge < -0.3 is 5.11 Å². The Hall–Kier alpha value is -0.300. The van der Waals surface area contributed by atoms with Gasteiger partial charge in [0.2, 0.25) is 0 Å². The van der Waals surface area contributed by atoms with E-state index in [2.05, 4.69) is 12.2 Å². The van der Waals surface area contributed by atoms with E-state index in [0.717, 1.165) is 11.8 Å². The molecule has 1 saturated carbocycles. The van der Waals surface area contributed by atoms with Crippen LogP contribution in [0.2, 0.25) is 0 Å². The minimum absolute atomic E-state index is 0.394. The molecule has 1 N–H and O–H groups in total. The van der Waals surface area contributed by atoms with Gasteiger partial charge in [0.15, 0.2) is 0 Å². The van der Waals surface area contributed by atoms with Crippen LogP contribution in [0.4, 0.5) is 0 Å². The van der Waals surface area contributed by atoms with E-state index in [4.69, 9.17) is 5.11 Å². The number of aliphatic hydroxyl groups is 1. The number of hydrogen-bond acceptors (Lipinski definition) is 1. The van der Waals surface area contributed by atoms with Crippen LogP contribution in [0, 0.1) is 17.8 Å². The third kappa shape index (κ3) is 0.715. The van der Waals surface area contributed by atoms with Crippen molar-refractivity contribution < 1.29 is 5.11 Å². The zero-order chi connectivity index (χ0) is 6.27. The first-order chi connectivity index (χ1) is 4.40. The number of allylic oxidation sites excluding steroid dienone is 2. The van der Waals surface area contributed by atoms with Crippen molar-refractivity contribution in [2.24, 2.45) is 17.8 Å². The molecule has 2 aliphatic carbocycles. The molecule has 1 nitrogen and oxygen atoms in total. The van der Waals surface area contributed by atoms with E-state index in [9.17, 15) is 0 Å². The molecular weight excluding hydrogens is 112 g/mol. The molecule has 0 aromatic rings. The first kappa shape index (κ1) is 5.48. The smallest absolute Gasteiger partial charge is 0.0465 e. The first-order valence-electron chi connectivity index (χ1n) is 3.69. The summed E-state index contributed by atoms with van der Waals surface area (Å²) in [5.74, 6) is 2.13. The summed E-state index contributed by atoms with van der Waals surface area (Å²) in [5, 5.41) is 8.85. The van der Waals surface area contributed by atoms with Crippen LogP contribution >= 0.6 is 0 Å². The van der Waals surface area contributed by atoms with E-state index in [1.165, 1.54) is 12.8 Å². The van der Waals surface area contributed by atoms with E-state index in [-0.39, 0.29) is 0 Å². The largest absolute Gasteiger partial charge is 0.396 e. The molecule has 0 spiro atoms. The summed E-state index contributed by atoms with van der Waals surface area (Å²) in [6.07, 6.45) is 7.12. The van der Waals surface area contributed by atoms with Crippen molar-refractivity contribution in [2.45, 2.75) is 12.8 Å². The van der Waals surface area contributed by atoms with Crippen LogP contribution in [0.15, 0.2) is 12.2 Å². The van der Waals surface area contributed by atoms with Crippen molar-refractivity contribution >= 4 is 0 Å². The van der Waals surface area contributed by atoms with Crippen molar-refractivity contribution in [1.82, 2.24) is 0 Å². The Morgan fingerprint density at radius 1 is 1.33 bits per heavy atom. The molecule has 2 bridgehead atoms. The molecule has 2 unspecified atom stereocenters. The number of fused-ring (bicyclic) bond motifs is 2. The summed E-state index contributed by atoms with van der Waals surface area (Å²) >= 11 is 0. The quantitative estimate of drug-likeness (QED) is 0.520. The Bertz CT molecular complexity index is 140. The lowest BCUT2D eigenvalue weighted by molar-refractivity contribution is 0.207. The van der Waals surface area contributed by atoms with Crippen LogP contribution in [0.3, 0.4) is 0 Å². The van der Waals surface area contributed by atoms with Crippen LogP contribution in [-0.2, 0) is 0 Å². The molecule has 9 heavy (non-hydrogen) atoms. The fourth-order valence-electron chi connectivity index (χ4n) is 2.10. The fraction of sp³-hybridized carbons (Fsp3) is 0.750. The van der Waals surface area contributed by atoms with E-state index in [0.29, 0.717) is 12.5 Å². The molecule has 0 aromatic heterocycles. The average Bonchev–Trinajstić information content (AvgIpc) is 2.45. The van der Waals surface area contributed by atoms with Crippen molar-refractivity contribution in [3.8, 4) is 0 Å². The van der Waals surface area contributed by atoms with Gasteiger partial charge in [-0.15, -0.1) is 0 Å². The summed E-state index contributed by atoms with van der Waals surface area (Å²) in [6, 6.07) is 0. The van der Waals surface area contributed by atoms with E-state index < -0.39 is 0 Å². The van der Waals surface area contributed by atoms with Gasteiger partial charge in [0.1, 0.15) is 0 Å². The van der Waals surface area contributed by atoms with E-state index >= 15 is 0 Å². The summed E-state index contributed by atoms with van der Waals surface area (Å²) in [5.41, 5.74) is 0. The second-order valence-electron chi connectivity index (χ2n) is 3.22. The lowest BCUT2D eigenvalue weighted by Crippen LogP contribution is -2.10. The minimum Gasteiger partial charge on any atom is -0.396 e. The van der Waals surface area contributed by atoms with Gasteiger partial charge >= 0.3 is 0 Å². The molecule has 0 aliphatic heterocycles. The summed E-state index contributed by atoms with van der Waals surface area (Å²) in [4.78, 5) is 0. The maximum Gasteiger partial charge on any atom is 0.0465 e. The maximum absolute atomic E-state index is 8.85. The standard InChI is InChI=1S/C8H12O/c9-5-8-4-6-1-2-7(8)3-6/h1-2,6-9H,3-5H2/t6-,7?,8?/m0/s1. The number of aliphatic hydroxyl groups excluding tert-OH is 1. The fourth-order valence-corrected chi connectivity index (χ4v) is 2.10. The van der Waals surface area contributed by atoms with Crippen LogP contribution in [0.1, 0.15) is 12.8 Å². The van der Waals surface area contributed by atoms with Gasteiger partial charge in [-0.1, -0.05) is 12.2 Å². The van der Waals surface area contributed by atoms with Gasteiger partial charge in [0, 0.05) is 6.61 Å². The molecular formula is C8H12O. The predicted molar refractivity (Wildman–Crippen MR) is 35.9 cm³/mol. The molecule has 2 aliphatic rings. The topological polar surface area (TPSA) is 20.2 Å². The van der Waals surface area contributed by atoms with Crippen molar-refractivity contribution in [2.75, 3.05) is 6.61 Å². The summed E-state index contributed by atoms with van der Waals surface area (Å²) in [6.45, 7) is 0.394. The number of rotatable bonds is 1. The van der Waals surface area contributed by atoms with Gasteiger partial charge in [-0.2, -0.15) is 0 Å². The second kappa shape index (κ2) is 1.84. The van der Waals surface area contributed by atoms with Gasteiger partial charge in [0.25, 0.3) is 0 Å². The minimum atomic E-state index is 0.394. The zero-order valence-corrected chi connectivity index (χ0v) is 5.46. The Kier molecular flexibility index (Phi) is 1.12. The highest BCUT2D eigenvalue weighted by molar-refractivity contribution is 5.09. The lowest BCUT2D eigenvalue weighted by Gasteiger charge is -2.13. The van der Waals surface area contributed by atoms with Crippen molar-refractivity contribution in [1.29, 1.82) is 0 Å².